The van der Waals surface area contributed by atoms with Gasteiger partial charge in [0.15, 0.2) is 0 Å². The number of rotatable bonds is 8. The third-order valence-corrected chi connectivity index (χ3v) is 4.70. The highest BCUT2D eigenvalue weighted by Gasteiger charge is 2.24. The highest BCUT2D eigenvalue weighted by Crippen LogP contribution is 2.21. The maximum atomic E-state index is 12.1. The van der Waals surface area contributed by atoms with E-state index in [1.807, 2.05) is 18.2 Å². The first-order valence-electron chi connectivity index (χ1n) is 9.12. The second-order valence-corrected chi connectivity index (χ2v) is 6.43. The molecule has 1 aliphatic rings. The second-order valence-electron chi connectivity index (χ2n) is 6.43. The van der Waals surface area contributed by atoms with Gasteiger partial charge in [-0.1, -0.05) is 37.3 Å². The van der Waals surface area contributed by atoms with E-state index in [4.69, 9.17) is 0 Å². The van der Waals surface area contributed by atoms with Crippen LogP contribution in [0.4, 0.5) is 0 Å². The topological polar surface area (TPSA) is 64.7 Å². The zero-order valence-electron chi connectivity index (χ0n) is 15.3. The molecular weight excluding hydrogens is 316 g/mol. The molecule has 138 valence electrons. The fourth-order valence-corrected chi connectivity index (χ4v) is 3.18. The van der Waals surface area contributed by atoms with Crippen molar-refractivity contribution in [2.75, 3.05) is 45.8 Å². The number of piperazine rings is 1. The van der Waals surface area contributed by atoms with Crippen molar-refractivity contribution in [1.29, 1.82) is 0 Å². The normalized spacial score (nSPS) is 17.0. The summed E-state index contributed by atoms with van der Waals surface area (Å²) in [6, 6.07) is 10.5. The molecular formula is C19H30N4O2. The predicted molar refractivity (Wildman–Crippen MR) is 99.2 cm³/mol. The van der Waals surface area contributed by atoms with Crippen molar-refractivity contribution in [3.05, 3.63) is 35.9 Å². The van der Waals surface area contributed by atoms with E-state index in [0.717, 1.165) is 32.7 Å². The van der Waals surface area contributed by atoms with Crippen molar-refractivity contribution in [1.82, 2.24) is 20.4 Å². The monoisotopic (exact) mass is 346 g/mol. The molecule has 1 aliphatic heterocycles. The van der Waals surface area contributed by atoms with Crippen LogP contribution in [0.1, 0.15) is 31.9 Å². The number of carbonyl (C=O) groups is 2. The Bertz CT molecular complexity index is 542. The molecule has 1 aromatic carbocycles. The van der Waals surface area contributed by atoms with Crippen molar-refractivity contribution < 1.29 is 9.59 Å². The summed E-state index contributed by atoms with van der Waals surface area (Å²) in [5, 5.41) is 5.69. The van der Waals surface area contributed by atoms with E-state index < -0.39 is 0 Å². The first-order valence-corrected chi connectivity index (χ1v) is 9.12. The number of hydrogen-bond acceptors (Lipinski definition) is 4. The first-order chi connectivity index (χ1) is 12.1. The van der Waals surface area contributed by atoms with Crippen LogP contribution in [-0.2, 0) is 9.59 Å². The van der Waals surface area contributed by atoms with Gasteiger partial charge in [-0.2, -0.15) is 0 Å². The van der Waals surface area contributed by atoms with Crippen LogP contribution in [0.2, 0.25) is 0 Å². The number of hydrogen-bond donors (Lipinski definition) is 2. The van der Waals surface area contributed by atoms with E-state index in [1.54, 1.807) is 0 Å². The number of nitrogens with zero attached hydrogens (tertiary/aromatic N) is 2. The van der Waals surface area contributed by atoms with Crippen LogP contribution in [0, 0.1) is 0 Å². The smallest absolute Gasteiger partial charge is 0.221 e. The van der Waals surface area contributed by atoms with Crippen molar-refractivity contribution in [2.24, 2.45) is 0 Å². The fourth-order valence-electron chi connectivity index (χ4n) is 3.18. The van der Waals surface area contributed by atoms with Gasteiger partial charge in [-0.15, -0.1) is 0 Å². The van der Waals surface area contributed by atoms with Crippen molar-refractivity contribution in [3.63, 3.8) is 0 Å². The van der Waals surface area contributed by atoms with Gasteiger partial charge in [0, 0.05) is 52.6 Å². The lowest BCUT2D eigenvalue weighted by molar-refractivity contribution is -0.121. The summed E-state index contributed by atoms with van der Waals surface area (Å²) in [6.07, 6.45) is 0.310. The predicted octanol–water partition coefficient (Wildman–Crippen LogP) is 1.01. The molecule has 2 N–H and O–H groups in total. The summed E-state index contributed by atoms with van der Waals surface area (Å²) in [5.74, 6) is -0.134. The summed E-state index contributed by atoms with van der Waals surface area (Å²) >= 11 is 0. The van der Waals surface area contributed by atoms with E-state index in [1.165, 1.54) is 12.5 Å². The Hall–Kier alpha value is -1.92. The third-order valence-electron chi connectivity index (χ3n) is 4.70. The summed E-state index contributed by atoms with van der Waals surface area (Å²) in [6.45, 7) is 9.86. The maximum Gasteiger partial charge on any atom is 0.221 e. The van der Waals surface area contributed by atoms with E-state index in [2.05, 4.69) is 39.5 Å². The molecule has 0 radical (unpaired) electrons. The van der Waals surface area contributed by atoms with Crippen molar-refractivity contribution in [3.8, 4) is 0 Å². The van der Waals surface area contributed by atoms with Crippen molar-refractivity contribution in [2.45, 2.75) is 26.3 Å². The average Bonchev–Trinajstić information content (AvgIpc) is 2.63. The lowest BCUT2D eigenvalue weighted by Gasteiger charge is -2.39. The lowest BCUT2D eigenvalue weighted by Crippen LogP contribution is -2.49. The second kappa shape index (κ2) is 10.2. The molecule has 1 aromatic rings. The molecule has 1 heterocycles. The third kappa shape index (κ3) is 6.48. The molecule has 0 bridgehead atoms. The van der Waals surface area contributed by atoms with Gasteiger partial charge in [-0.25, -0.2) is 0 Å². The lowest BCUT2D eigenvalue weighted by atomic mass is 10.0. The Balaban J connectivity index is 1.91. The van der Waals surface area contributed by atoms with Crippen LogP contribution in [-0.4, -0.2) is 67.4 Å². The minimum atomic E-state index is -0.108. The summed E-state index contributed by atoms with van der Waals surface area (Å²) in [4.78, 5) is 27.8. The van der Waals surface area contributed by atoms with E-state index in [-0.39, 0.29) is 17.9 Å². The van der Waals surface area contributed by atoms with Crippen molar-refractivity contribution >= 4 is 11.8 Å². The van der Waals surface area contributed by atoms with Crippen LogP contribution in [0.3, 0.4) is 0 Å². The largest absolute Gasteiger partial charge is 0.356 e. The number of nitrogens with one attached hydrogen (secondary N) is 2. The van der Waals surface area contributed by atoms with Gasteiger partial charge in [0.1, 0.15) is 0 Å². The molecule has 6 heteroatoms. The highest BCUT2D eigenvalue weighted by atomic mass is 16.2. The molecule has 0 aromatic heterocycles. The molecule has 0 spiro atoms. The van der Waals surface area contributed by atoms with E-state index in [0.29, 0.717) is 19.5 Å². The molecule has 0 aliphatic carbocycles. The van der Waals surface area contributed by atoms with Gasteiger partial charge in [-0.3, -0.25) is 14.5 Å². The van der Waals surface area contributed by atoms with Crippen LogP contribution in [0.5, 0.6) is 0 Å². The van der Waals surface area contributed by atoms with Crippen LogP contribution in [0.15, 0.2) is 30.3 Å². The van der Waals surface area contributed by atoms with E-state index in [9.17, 15) is 9.59 Å². The molecule has 0 saturated carbocycles. The zero-order valence-corrected chi connectivity index (χ0v) is 15.3. The number of benzene rings is 1. The maximum absolute atomic E-state index is 12.1. The summed E-state index contributed by atoms with van der Waals surface area (Å²) in [7, 11) is 0. The quantitative estimate of drug-likeness (QED) is 0.737. The summed E-state index contributed by atoms with van der Waals surface area (Å²) < 4.78 is 0. The molecule has 1 atom stereocenters. The van der Waals surface area contributed by atoms with Gasteiger partial charge in [0.2, 0.25) is 11.8 Å². The SMILES string of the molecule is CCN1CCN(C(CNC(=O)CCNC(C)=O)c2ccccc2)CC1. The van der Waals surface area contributed by atoms with Crippen LogP contribution < -0.4 is 10.6 Å². The molecule has 1 saturated heterocycles. The van der Waals surface area contributed by atoms with Crippen LogP contribution >= 0.6 is 0 Å². The van der Waals surface area contributed by atoms with Gasteiger partial charge in [-0.05, 0) is 12.1 Å². The van der Waals surface area contributed by atoms with Gasteiger partial charge < -0.3 is 15.5 Å². The Morgan fingerprint density at radius 3 is 2.36 bits per heavy atom. The molecule has 1 fully saturated rings. The highest BCUT2D eigenvalue weighted by molar-refractivity contribution is 5.77. The molecule has 2 rings (SSSR count). The van der Waals surface area contributed by atoms with Gasteiger partial charge in [0.25, 0.3) is 0 Å². The number of amides is 2. The Labute approximate surface area is 150 Å². The zero-order chi connectivity index (χ0) is 18.1. The number of carbonyl (C=O) groups excluding carboxylic acids is 2. The molecule has 6 nitrogen and oxygen atoms in total. The minimum Gasteiger partial charge on any atom is -0.356 e. The Morgan fingerprint density at radius 1 is 1.08 bits per heavy atom. The average molecular weight is 346 g/mol. The standard InChI is InChI=1S/C19H30N4O2/c1-3-22-11-13-23(14-12-22)18(17-7-5-4-6-8-17)15-21-19(25)9-10-20-16(2)24/h4-8,18H,3,9-15H2,1-2H3,(H,20,24)(H,21,25). The molecule has 25 heavy (non-hydrogen) atoms. The molecule has 1 unspecified atom stereocenters. The number of likely N-dealkylation sites (N-methyl/N-ethyl adjacent to an activating group) is 1. The van der Waals surface area contributed by atoms with E-state index >= 15 is 0 Å². The molecule has 2 amide bonds. The summed E-state index contributed by atoms with van der Waals surface area (Å²) in [5.41, 5.74) is 1.23. The Morgan fingerprint density at radius 2 is 1.76 bits per heavy atom. The first kappa shape index (κ1) is 19.4. The Kier molecular flexibility index (Phi) is 7.88. The van der Waals surface area contributed by atoms with Crippen LogP contribution in [0.25, 0.3) is 0 Å². The minimum absolute atomic E-state index is 0.0260. The fraction of sp³-hybridized carbons (Fsp3) is 0.579. The van der Waals surface area contributed by atoms with Gasteiger partial charge in [0.05, 0.1) is 6.04 Å². The van der Waals surface area contributed by atoms with Gasteiger partial charge >= 0.3 is 0 Å².